The van der Waals surface area contributed by atoms with E-state index in [1.54, 1.807) is 0 Å². The molecule has 0 spiro atoms. The molecule has 0 aromatic rings. The Labute approximate surface area is 86.9 Å². The van der Waals surface area contributed by atoms with Crippen molar-refractivity contribution in [3.05, 3.63) is 23.8 Å². The highest BCUT2D eigenvalue weighted by Gasteiger charge is 2.01. The third-order valence-electron chi connectivity index (χ3n) is 2.55. The Morgan fingerprint density at radius 3 is 2.86 bits per heavy atom. The molecular weight excluding hydrogens is 174 g/mol. The second kappa shape index (κ2) is 6.80. The van der Waals surface area contributed by atoms with Gasteiger partial charge in [-0.3, -0.25) is 0 Å². The number of aliphatic hydroxyl groups is 1. The molecule has 0 radical (unpaired) electrons. The summed E-state index contributed by atoms with van der Waals surface area (Å²) >= 11 is 0. The molecule has 0 aromatic carbocycles. The van der Waals surface area contributed by atoms with Gasteiger partial charge in [-0.15, -0.1) is 0 Å². The van der Waals surface area contributed by atoms with Gasteiger partial charge in [0.15, 0.2) is 0 Å². The number of rotatable bonds is 6. The van der Waals surface area contributed by atoms with E-state index in [4.69, 9.17) is 5.11 Å². The number of hydrogen-bond donors (Lipinski definition) is 1. The molecule has 0 bridgehead atoms. The van der Waals surface area contributed by atoms with Gasteiger partial charge in [0.2, 0.25) is 0 Å². The van der Waals surface area contributed by atoms with E-state index >= 15 is 0 Å². The van der Waals surface area contributed by atoms with E-state index in [2.05, 4.69) is 30.2 Å². The smallest absolute Gasteiger partial charge is 0.0443 e. The maximum atomic E-state index is 8.68. The number of nitrogens with zero attached hydrogens (tertiary/aromatic N) is 1. The highest BCUT2D eigenvalue weighted by atomic mass is 16.3. The van der Waals surface area contributed by atoms with Crippen LogP contribution in [-0.4, -0.2) is 36.8 Å². The van der Waals surface area contributed by atoms with Gasteiger partial charge in [-0.1, -0.05) is 23.8 Å². The average molecular weight is 195 g/mol. The molecule has 0 saturated carbocycles. The van der Waals surface area contributed by atoms with Gasteiger partial charge in [0, 0.05) is 19.7 Å². The molecule has 0 heterocycles. The summed E-state index contributed by atoms with van der Waals surface area (Å²) in [4.78, 5) is 2.28. The molecule has 0 aromatic heterocycles. The molecule has 0 aliphatic heterocycles. The molecule has 0 saturated heterocycles. The van der Waals surface area contributed by atoms with Crippen LogP contribution < -0.4 is 0 Å². The molecule has 0 fully saturated rings. The predicted octanol–water partition coefficient (Wildman–Crippen LogP) is 1.97. The second-order valence-electron chi connectivity index (χ2n) is 3.89. The fourth-order valence-electron chi connectivity index (χ4n) is 1.63. The van der Waals surface area contributed by atoms with E-state index in [-0.39, 0.29) is 0 Å². The first-order valence-electron chi connectivity index (χ1n) is 5.48. The van der Waals surface area contributed by atoms with Crippen LogP contribution in [0, 0.1) is 0 Å². The van der Waals surface area contributed by atoms with Crippen LogP contribution in [0.3, 0.4) is 0 Å². The van der Waals surface area contributed by atoms with E-state index in [1.807, 2.05) is 0 Å². The van der Waals surface area contributed by atoms with Crippen molar-refractivity contribution in [1.29, 1.82) is 0 Å². The standard InChI is InChI=1S/C12H21NO/c1-13(9-5-11-14)10-8-12-6-3-2-4-7-12/h3,6-7,14H,2,4-5,8-11H2,1H3. The Kier molecular flexibility index (Phi) is 5.57. The molecule has 0 unspecified atom stereocenters. The summed E-state index contributed by atoms with van der Waals surface area (Å²) in [5.41, 5.74) is 1.46. The summed E-state index contributed by atoms with van der Waals surface area (Å²) in [6.07, 6.45) is 11.2. The fourth-order valence-corrected chi connectivity index (χ4v) is 1.63. The van der Waals surface area contributed by atoms with Crippen LogP contribution in [0.1, 0.15) is 25.7 Å². The Balaban J connectivity index is 2.13. The van der Waals surface area contributed by atoms with Crippen LogP contribution in [-0.2, 0) is 0 Å². The minimum atomic E-state index is 0.299. The maximum absolute atomic E-state index is 8.68. The highest BCUT2D eigenvalue weighted by molar-refractivity contribution is 5.22. The average Bonchev–Trinajstić information content (AvgIpc) is 2.25. The summed E-state index contributed by atoms with van der Waals surface area (Å²) in [6.45, 7) is 2.39. The molecule has 1 rings (SSSR count). The summed E-state index contributed by atoms with van der Waals surface area (Å²) in [7, 11) is 2.11. The number of hydrogen-bond acceptors (Lipinski definition) is 2. The van der Waals surface area contributed by atoms with Crippen LogP contribution in [0.25, 0.3) is 0 Å². The van der Waals surface area contributed by atoms with Crippen LogP contribution in [0.5, 0.6) is 0 Å². The van der Waals surface area contributed by atoms with Crippen molar-refractivity contribution in [3.8, 4) is 0 Å². The molecule has 0 amide bonds. The van der Waals surface area contributed by atoms with Crippen molar-refractivity contribution in [2.45, 2.75) is 25.7 Å². The number of allylic oxidation sites excluding steroid dienone is 3. The summed E-state index contributed by atoms with van der Waals surface area (Å²) in [5, 5.41) is 8.68. The van der Waals surface area contributed by atoms with Gasteiger partial charge in [-0.05, 0) is 32.7 Å². The Bertz CT molecular complexity index is 208. The van der Waals surface area contributed by atoms with Crippen LogP contribution in [0.2, 0.25) is 0 Å². The van der Waals surface area contributed by atoms with Gasteiger partial charge < -0.3 is 10.0 Å². The zero-order chi connectivity index (χ0) is 10.2. The van der Waals surface area contributed by atoms with Crippen molar-refractivity contribution < 1.29 is 5.11 Å². The topological polar surface area (TPSA) is 23.5 Å². The largest absolute Gasteiger partial charge is 0.396 e. The van der Waals surface area contributed by atoms with Crippen LogP contribution >= 0.6 is 0 Å². The molecule has 2 nitrogen and oxygen atoms in total. The molecule has 0 atom stereocenters. The molecule has 14 heavy (non-hydrogen) atoms. The van der Waals surface area contributed by atoms with E-state index in [0.29, 0.717) is 6.61 Å². The van der Waals surface area contributed by atoms with Crippen molar-refractivity contribution in [2.75, 3.05) is 26.7 Å². The fraction of sp³-hybridized carbons (Fsp3) is 0.667. The zero-order valence-corrected chi connectivity index (χ0v) is 9.08. The minimum absolute atomic E-state index is 0.299. The summed E-state index contributed by atoms with van der Waals surface area (Å²) < 4.78 is 0. The third-order valence-corrected chi connectivity index (χ3v) is 2.55. The summed E-state index contributed by atoms with van der Waals surface area (Å²) in [6, 6.07) is 0. The first-order valence-corrected chi connectivity index (χ1v) is 5.48. The second-order valence-corrected chi connectivity index (χ2v) is 3.89. The van der Waals surface area contributed by atoms with Crippen LogP contribution in [0.15, 0.2) is 23.8 Å². The van der Waals surface area contributed by atoms with Crippen molar-refractivity contribution >= 4 is 0 Å². The Morgan fingerprint density at radius 2 is 2.21 bits per heavy atom. The monoisotopic (exact) mass is 195 g/mol. The van der Waals surface area contributed by atoms with Crippen molar-refractivity contribution in [2.24, 2.45) is 0 Å². The van der Waals surface area contributed by atoms with Gasteiger partial charge >= 0.3 is 0 Å². The molecule has 80 valence electrons. The van der Waals surface area contributed by atoms with Gasteiger partial charge in [-0.25, -0.2) is 0 Å². The lowest BCUT2D eigenvalue weighted by molar-refractivity contribution is 0.248. The van der Waals surface area contributed by atoms with E-state index in [1.165, 1.54) is 18.4 Å². The van der Waals surface area contributed by atoms with Crippen LogP contribution in [0.4, 0.5) is 0 Å². The zero-order valence-electron chi connectivity index (χ0n) is 9.08. The lowest BCUT2D eigenvalue weighted by Gasteiger charge is -2.16. The van der Waals surface area contributed by atoms with Crippen molar-refractivity contribution in [3.63, 3.8) is 0 Å². The SMILES string of the molecule is CN(CCCO)CCC1=CCCC=C1. The molecule has 1 N–H and O–H groups in total. The first-order chi connectivity index (χ1) is 6.83. The van der Waals surface area contributed by atoms with E-state index < -0.39 is 0 Å². The highest BCUT2D eigenvalue weighted by Crippen LogP contribution is 2.13. The molecule has 1 aliphatic carbocycles. The van der Waals surface area contributed by atoms with Gasteiger partial charge in [0.25, 0.3) is 0 Å². The Morgan fingerprint density at radius 1 is 1.36 bits per heavy atom. The van der Waals surface area contributed by atoms with Crippen molar-refractivity contribution in [1.82, 2.24) is 4.90 Å². The van der Waals surface area contributed by atoms with E-state index in [9.17, 15) is 0 Å². The lowest BCUT2D eigenvalue weighted by Crippen LogP contribution is -2.22. The maximum Gasteiger partial charge on any atom is 0.0443 e. The lowest BCUT2D eigenvalue weighted by atomic mass is 10.0. The minimum Gasteiger partial charge on any atom is -0.396 e. The predicted molar refractivity (Wildman–Crippen MR) is 60.3 cm³/mol. The first kappa shape index (κ1) is 11.5. The number of aliphatic hydroxyl groups excluding tert-OH is 1. The molecular formula is C12H21NO. The quantitative estimate of drug-likeness (QED) is 0.700. The summed E-state index contributed by atoms with van der Waals surface area (Å²) in [5.74, 6) is 0. The molecule has 2 heteroatoms. The third kappa shape index (κ3) is 4.58. The molecule has 1 aliphatic rings. The van der Waals surface area contributed by atoms with E-state index in [0.717, 1.165) is 25.9 Å². The Hall–Kier alpha value is -0.600. The normalized spacial score (nSPS) is 16.1. The van der Waals surface area contributed by atoms with Gasteiger partial charge in [-0.2, -0.15) is 0 Å². The van der Waals surface area contributed by atoms with Gasteiger partial charge in [0.1, 0.15) is 0 Å². The van der Waals surface area contributed by atoms with Gasteiger partial charge in [0.05, 0.1) is 0 Å².